The van der Waals surface area contributed by atoms with Crippen LogP contribution in [0.15, 0.2) is 28.7 Å². The van der Waals surface area contributed by atoms with Crippen molar-refractivity contribution in [3.05, 3.63) is 34.3 Å². The molecule has 0 spiro atoms. The molecule has 0 bridgehead atoms. The maximum atomic E-state index is 12.0. The van der Waals surface area contributed by atoms with Crippen molar-refractivity contribution in [2.45, 2.75) is 26.8 Å². The lowest BCUT2D eigenvalue weighted by Gasteiger charge is -2.18. The van der Waals surface area contributed by atoms with Crippen LogP contribution in [0.4, 0.5) is 0 Å². The van der Waals surface area contributed by atoms with Crippen LogP contribution in [0.2, 0.25) is 0 Å². The molecular weight excluding hydrogens is 292 g/mol. The Bertz CT molecular complexity index is 395. The lowest BCUT2D eigenvalue weighted by Crippen LogP contribution is -2.36. The van der Waals surface area contributed by atoms with Crippen LogP contribution in [0.25, 0.3) is 0 Å². The minimum absolute atomic E-state index is 0.0143. The molecule has 0 saturated carbocycles. The number of carbonyl (C=O) groups is 1. The van der Waals surface area contributed by atoms with E-state index in [-0.39, 0.29) is 17.9 Å². The van der Waals surface area contributed by atoms with Gasteiger partial charge in [0.25, 0.3) is 0 Å². The third kappa shape index (κ3) is 4.78. The van der Waals surface area contributed by atoms with E-state index < -0.39 is 0 Å². The highest BCUT2D eigenvalue weighted by molar-refractivity contribution is 9.10. The number of benzene rings is 1. The molecule has 3 nitrogen and oxygen atoms in total. The molecule has 1 aromatic carbocycles. The molecule has 1 aromatic rings. The van der Waals surface area contributed by atoms with Crippen molar-refractivity contribution in [3.63, 3.8) is 0 Å². The van der Waals surface area contributed by atoms with Gasteiger partial charge in [0.05, 0.1) is 6.04 Å². The van der Waals surface area contributed by atoms with Crippen LogP contribution in [0.5, 0.6) is 0 Å². The van der Waals surface area contributed by atoms with Gasteiger partial charge in [0.1, 0.15) is 0 Å². The molecule has 0 saturated heterocycles. The quantitative estimate of drug-likeness (QED) is 0.848. The summed E-state index contributed by atoms with van der Waals surface area (Å²) < 4.78 is 1.03. The van der Waals surface area contributed by atoms with Gasteiger partial charge in [-0.25, -0.2) is 0 Å². The third-order valence-electron chi connectivity index (χ3n) is 2.86. The van der Waals surface area contributed by atoms with Crippen molar-refractivity contribution in [1.82, 2.24) is 10.6 Å². The standard InChI is InChI=1S/C14H21BrN2O/c1-4-16-9-10(2)14(18)17-11(3)12-6-5-7-13(15)8-12/h5-8,10-11,16H,4,9H2,1-3H3,(H,17,18). The van der Waals surface area contributed by atoms with Gasteiger partial charge in [-0.2, -0.15) is 0 Å². The minimum atomic E-state index is -0.0143. The Morgan fingerprint density at radius 2 is 2.11 bits per heavy atom. The molecule has 1 amide bonds. The van der Waals surface area contributed by atoms with Crippen LogP contribution in [-0.4, -0.2) is 19.0 Å². The lowest BCUT2D eigenvalue weighted by atomic mass is 10.1. The fraction of sp³-hybridized carbons (Fsp3) is 0.500. The van der Waals surface area contributed by atoms with Crippen molar-refractivity contribution in [2.24, 2.45) is 5.92 Å². The molecule has 0 fully saturated rings. The van der Waals surface area contributed by atoms with E-state index in [4.69, 9.17) is 0 Å². The lowest BCUT2D eigenvalue weighted by molar-refractivity contribution is -0.125. The number of hydrogen-bond acceptors (Lipinski definition) is 2. The molecule has 0 heterocycles. The number of carbonyl (C=O) groups excluding carboxylic acids is 1. The highest BCUT2D eigenvalue weighted by Gasteiger charge is 2.15. The molecule has 0 aliphatic heterocycles. The summed E-state index contributed by atoms with van der Waals surface area (Å²) in [6, 6.07) is 8.03. The Morgan fingerprint density at radius 1 is 1.39 bits per heavy atom. The smallest absolute Gasteiger partial charge is 0.224 e. The molecule has 0 radical (unpaired) electrons. The van der Waals surface area contributed by atoms with Gasteiger partial charge in [-0.05, 0) is 31.2 Å². The molecule has 4 heteroatoms. The summed E-state index contributed by atoms with van der Waals surface area (Å²) in [5, 5.41) is 6.22. The van der Waals surface area contributed by atoms with Gasteiger partial charge in [0, 0.05) is 16.9 Å². The Morgan fingerprint density at radius 3 is 2.72 bits per heavy atom. The molecule has 0 aliphatic carbocycles. The summed E-state index contributed by atoms with van der Waals surface area (Å²) in [5.41, 5.74) is 1.10. The minimum Gasteiger partial charge on any atom is -0.349 e. The summed E-state index contributed by atoms with van der Waals surface area (Å²) in [5.74, 6) is 0.0722. The van der Waals surface area contributed by atoms with E-state index in [0.29, 0.717) is 6.54 Å². The van der Waals surface area contributed by atoms with Gasteiger partial charge in [-0.15, -0.1) is 0 Å². The molecule has 0 aliphatic rings. The molecule has 18 heavy (non-hydrogen) atoms. The van der Waals surface area contributed by atoms with Crippen LogP contribution in [0, 0.1) is 5.92 Å². The average molecular weight is 313 g/mol. The molecule has 0 aromatic heterocycles. The third-order valence-corrected chi connectivity index (χ3v) is 3.35. The SMILES string of the molecule is CCNCC(C)C(=O)NC(C)c1cccc(Br)c1. The number of halogens is 1. The maximum absolute atomic E-state index is 12.0. The molecular formula is C14H21BrN2O. The summed E-state index contributed by atoms with van der Waals surface area (Å²) >= 11 is 3.44. The fourth-order valence-electron chi connectivity index (χ4n) is 1.67. The number of amides is 1. The van der Waals surface area contributed by atoms with Crippen molar-refractivity contribution < 1.29 is 4.79 Å². The highest BCUT2D eigenvalue weighted by atomic mass is 79.9. The highest BCUT2D eigenvalue weighted by Crippen LogP contribution is 2.18. The molecule has 2 atom stereocenters. The summed E-state index contributed by atoms with van der Waals surface area (Å²) in [7, 11) is 0. The zero-order valence-electron chi connectivity index (χ0n) is 11.2. The largest absolute Gasteiger partial charge is 0.349 e. The first-order chi connectivity index (χ1) is 8.54. The summed E-state index contributed by atoms with van der Waals surface area (Å²) in [6.07, 6.45) is 0. The van der Waals surface area contributed by atoms with Crippen LogP contribution in [-0.2, 0) is 4.79 Å². The van der Waals surface area contributed by atoms with Gasteiger partial charge in [-0.3, -0.25) is 4.79 Å². The fourth-order valence-corrected chi connectivity index (χ4v) is 2.09. The van der Waals surface area contributed by atoms with E-state index in [9.17, 15) is 4.79 Å². The van der Waals surface area contributed by atoms with Crippen molar-refractivity contribution in [2.75, 3.05) is 13.1 Å². The monoisotopic (exact) mass is 312 g/mol. The van der Waals surface area contributed by atoms with Gasteiger partial charge >= 0.3 is 0 Å². The molecule has 2 unspecified atom stereocenters. The number of rotatable bonds is 6. The van der Waals surface area contributed by atoms with E-state index in [0.717, 1.165) is 16.6 Å². The van der Waals surface area contributed by atoms with E-state index in [1.165, 1.54) is 0 Å². The van der Waals surface area contributed by atoms with Crippen LogP contribution in [0.1, 0.15) is 32.4 Å². The zero-order chi connectivity index (χ0) is 13.5. The number of hydrogen-bond donors (Lipinski definition) is 2. The molecule has 1 rings (SSSR count). The second-order valence-corrected chi connectivity index (χ2v) is 5.41. The normalized spacial score (nSPS) is 14.0. The first-order valence-corrected chi connectivity index (χ1v) is 7.10. The van der Waals surface area contributed by atoms with Crippen LogP contribution in [0.3, 0.4) is 0 Å². The van der Waals surface area contributed by atoms with Crippen LogP contribution < -0.4 is 10.6 Å². The van der Waals surface area contributed by atoms with Crippen molar-refractivity contribution >= 4 is 21.8 Å². The first kappa shape index (κ1) is 15.2. The van der Waals surface area contributed by atoms with E-state index in [1.54, 1.807) is 0 Å². The summed E-state index contributed by atoms with van der Waals surface area (Å²) in [6.45, 7) is 7.58. The maximum Gasteiger partial charge on any atom is 0.224 e. The second kappa shape index (κ2) is 7.54. The predicted octanol–water partition coefficient (Wildman–Crippen LogP) is 2.87. The topological polar surface area (TPSA) is 41.1 Å². The second-order valence-electron chi connectivity index (χ2n) is 4.49. The Labute approximate surface area is 117 Å². The van der Waals surface area contributed by atoms with E-state index in [1.807, 2.05) is 45.0 Å². The molecule has 100 valence electrons. The van der Waals surface area contributed by atoms with Crippen molar-refractivity contribution in [3.8, 4) is 0 Å². The van der Waals surface area contributed by atoms with Gasteiger partial charge < -0.3 is 10.6 Å². The summed E-state index contributed by atoms with van der Waals surface area (Å²) in [4.78, 5) is 12.0. The Hall–Kier alpha value is -0.870. The van der Waals surface area contributed by atoms with Gasteiger partial charge in [0.2, 0.25) is 5.91 Å². The van der Waals surface area contributed by atoms with Crippen molar-refractivity contribution in [1.29, 1.82) is 0 Å². The van der Waals surface area contributed by atoms with Gasteiger partial charge in [-0.1, -0.05) is 41.9 Å². The van der Waals surface area contributed by atoms with Crippen LogP contribution >= 0.6 is 15.9 Å². The predicted molar refractivity (Wildman–Crippen MR) is 78.4 cm³/mol. The van der Waals surface area contributed by atoms with E-state index in [2.05, 4.69) is 26.6 Å². The average Bonchev–Trinajstić information content (AvgIpc) is 2.35. The van der Waals surface area contributed by atoms with Gasteiger partial charge in [0.15, 0.2) is 0 Å². The van der Waals surface area contributed by atoms with E-state index >= 15 is 0 Å². The zero-order valence-corrected chi connectivity index (χ0v) is 12.8. The number of nitrogens with one attached hydrogen (secondary N) is 2. The Kier molecular flexibility index (Phi) is 6.36. The first-order valence-electron chi connectivity index (χ1n) is 6.31. The molecule has 2 N–H and O–H groups in total. The Balaban J connectivity index is 2.54.